The number of rotatable bonds is 4. The van der Waals surface area contributed by atoms with Gasteiger partial charge in [-0.15, -0.1) is 0 Å². The summed E-state index contributed by atoms with van der Waals surface area (Å²) < 4.78 is 5.77. The molecule has 0 saturated heterocycles. The molecule has 2 heteroatoms. The minimum atomic E-state index is 0.140. The van der Waals surface area contributed by atoms with Crippen LogP contribution in [-0.4, -0.2) is 6.10 Å². The van der Waals surface area contributed by atoms with E-state index >= 15 is 0 Å². The summed E-state index contributed by atoms with van der Waals surface area (Å²) in [5.41, 5.74) is 7.74. The Bertz CT molecular complexity index is 429. The average Bonchev–Trinajstić information content (AvgIpc) is 2.40. The zero-order valence-corrected chi connectivity index (χ0v) is 13.3. The molecule has 1 fully saturated rings. The molecule has 4 atom stereocenters. The average molecular weight is 275 g/mol. The first-order chi connectivity index (χ1) is 9.47. The van der Waals surface area contributed by atoms with Gasteiger partial charge in [-0.1, -0.05) is 32.4 Å². The predicted molar refractivity (Wildman–Crippen MR) is 84.8 cm³/mol. The van der Waals surface area contributed by atoms with E-state index in [0.717, 1.165) is 17.6 Å². The van der Waals surface area contributed by atoms with E-state index in [9.17, 15) is 0 Å². The highest BCUT2D eigenvalue weighted by Crippen LogP contribution is 2.39. The smallest absolute Gasteiger partial charge is 0.120 e. The highest BCUT2D eigenvalue weighted by Gasteiger charge is 2.29. The Hall–Kier alpha value is -1.02. The van der Waals surface area contributed by atoms with Crippen molar-refractivity contribution in [3.05, 3.63) is 29.8 Å². The van der Waals surface area contributed by atoms with Crippen LogP contribution in [-0.2, 0) is 0 Å². The first-order valence-electron chi connectivity index (χ1n) is 7.99. The lowest BCUT2D eigenvalue weighted by molar-refractivity contribution is 0.185. The van der Waals surface area contributed by atoms with E-state index in [1.54, 1.807) is 0 Å². The van der Waals surface area contributed by atoms with Crippen molar-refractivity contribution in [2.75, 3.05) is 0 Å². The zero-order valence-electron chi connectivity index (χ0n) is 13.3. The third-order valence-corrected chi connectivity index (χ3v) is 4.76. The van der Waals surface area contributed by atoms with Gasteiger partial charge in [-0.05, 0) is 62.1 Å². The summed E-state index contributed by atoms with van der Waals surface area (Å²) in [5.74, 6) is 3.17. The summed E-state index contributed by atoms with van der Waals surface area (Å²) in [6.45, 7) is 8.83. The van der Waals surface area contributed by atoms with Gasteiger partial charge in [0.1, 0.15) is 5.75 Å². The Labute approximate surface area is 123 Å². The molecule has 20 heavy (non-hydrogen) atoms. The lowest BCUT2D eigenvalue weighted by Crippen LogP contribution is -2.29. The Kier molecular flexibility index (Phi) is 5.09. The van der Waals surface area contributed by atoms with Gasteiger partial charge in [0.25, 0.3) is 0 Å². The third kappa shape index (κ3) is 3.76. The van der Waals surface area contributed by atoms with Crippen LogP contribution in [0.3, 0.4) is 0 Å². The lowest BCUT2D eigenvalue weighted by atomic mass is 9.72. The van der Waals surface area contributed by atoms with Crippen molar-refractivity contribution in [2.45, 2.75) is 59.1 Å². The van der Waals surface area contributed by atoms with Gasteiger partial charge in [0.15, 0.2) is 0 Å². The van der Waals surface area contributed by atoms with Crippen LogP contribution in [0.5, 0.6) is 5.75 Å². The molecule has 2 nitrogen and oxygen atoms in total. The van der Waals surface area contributed by atoms with Gasteiger partial charge < -0.3 is 10.5 Å². The molecule has 2 rings (SSSR count). The van der Waals surface area contributed by atoms with Gasteiger partial charge in [0.2, 0.25) is 0 Å². The number of nitrogens with two attached hydrogens (primary N) is 1. The van der Waals surface area contributed by atoms with Crippen LogP contribution in [0.25, 0.3) is 0 Å². The van der Waals surface area contributed by atoms with Crippen molar-refractivity contribution in [3.63, 3.8) is 0 Å². The molecule has 4 unspecified atom stereocenters. The highest BCUT2D eigenvalue weighted by molar-refractivity contribution is 5.31. The summed E-state index contributed by atoms with van der Waals surface area (Å²) in [4.78, 5) is 0. The van der Waals surface area contributed by atoms with Gasteiger partial charge in [-0.25, -0.2) is 0 Å². The van der Waals surface area contributed by atoms with Crippen LogP contribution in [0.1, 0.15) is 58.6 Å². The van der Waals surface area contributed by atoms with Crippen LogP contribution in [0, 0.1) is 17.8 Å². The summed E-state index contributed by atoms with van der Waals surface area (Å²) in [7, 11) is 0. The van der Waals surface area contributed by atoms with E-state index in [2.05, 4.69) is 45.9 Å². The molecule has 112 valence electrons. The number of hydrogen-bond donors (Lipinski definition) is 1. The van der Waals surface area contributed by atoms with Crippen molar-refractivity contribution in [1.82, 2.24) is 0 Å². The van der Waals surface area contributed by atoms with E-state index in [-0.39, 0.29) is 12.1 Å². The maximum absolute atomic E-state index is 6.52. The van der Waals surface area contributed by atoms with Crippen LogP contribution in [0.15, 0.2) is 24.3 Å². The minimum Gasteiger partial charge on any atom is -0.491 e. The molecule has 1 saturated carbocycles. The molecule has 0 bridgehead atoms. The maximum Gasteiger partial charge on any atom is 0.120 e. The molecule has 0 aromatic heterocycles. The van der Waals surface area contributed by atoms with Gasteiger partial charge in [0, 0.05) is 6.04 Å². The van der Waals surface area contributed by atoms with Crippen LogP contribution < -0.4 is 10.5 Å². The predicted octanol–water partition coefficient (Wildman–Crippen LogP) is 4.55. The fourth-order valence-corrected chi connectivity index (χ4v) is 3.25. The van der Waals surface area contributed by atoms with Crippen LogP contribution >= 0.6 is 0 Å². The third-order valence-electron chi connectivity index (χ3n) is 4.76. The highest BCUT2D eigenvalue weighted by atomic mass is 16.5. The van der Waals surface area contributed by atoms with Crippen molar-refractivity contribution in [1.29, 1.82) is 0 Å². The largest absolute Gasteiger partial charge is 0.491 e. The first kappa shape index (κ1) is 15.4. The SMILES string of the molecule is CC(C)Oc1cccc(C(N)C2CCC(C)C(C)C2)c1. The van der Waals surface area contributed by atoms with Crippen molar-refractivity contribution in [3.8, 4) is 5.75 Å². The quantitative estimate of drug-likeness (QED) is 0.875. The van der Waals surface area contributed by atoms with Gasteiger partial charge in [-0.2, -0.15) is 0 Å². The second-order valence-corrected chi connectivity index (χ2v) is 6.79. The molecular weight excluding hydrogens is 246 g/mol. The summed E-state index contributed by atoms with van der Waals surface area (Å²) >= 11 is 0. The molecule has 1 aromatic carbocycles. The minimum absolute atomic E-state index is 0.140. The van der Waals surface area contributed by atoms with Gasteiger partial charge in [0.05, 0.1) is 6.10 Å². The molecule has 2 N–H and O–H groups in total. The number of ether oxygens (including phenoxy) is 1. The topological polar surface area (TPSA) is 35.2 Å². The standard InChI is InChI=1S/C18H29NO/c1-12(2)20-17-7-5-6-15(11-17)18(19)16-9-8-13(3)14(4)10-16/h5-7,11-14,16,18H,8-10,19H2,1-4H3. The fraction of sp³-hybridized carbons (Fsp3) is 0.667. The number of hydrogen-bond acceptors (Lipinski definition) is 2. The summed E-state index contributed by atoms with van der Waals surface area (Å²) in [6.07, 6.45) is 4.01. The Morgan fingerprint density at radius 3 is 2.55 bits per heavy atom. The normalized spacial score (nSPS) is 28.4. The molecule has 0 radical (unpaired) electrons. The molecule has 1 aliphatic carbocycles. The fourth-order valence-electron chi connectivity index (χ4n) is 3.25. The first-order valence-corrected chi connectivity index (χ1v) is 7.99. The molecule has 0 spiro atoms. The van der Waals surface area contributed by atoms with Crippen LogP contribution in [0.2, 0.25) is 0 Å². The van der Waals surface area contributed by atoms with E-state index in [0.29, 0.717) is 5.92 Å². The summed E-state index contributed by atoms with van der Waals surface area (Å²) in [6, 6.07) is 8.47. The van der Waals surface area contributed by atoms with E-state index in [1.165, 1.54) is 24.8 Å². The molecule has 0 heterocycles. The van der Waals surface area contributed by atoms with E-state index in [1.807, 2.05) is 6.07 Å². The maximum atomic E-state index is 6.52. The lowest BCUT2D eigenvalue weighted by Gasteiger charge is -2.35. The summed E-state index contributed by atoms with van der Waals surface area (Å²) in [5, 5.41) is 0. The van der Waals surface area contributed by atoms with Crippen molar-refractivity contribution < 1.29 is 4.74 Å². The number of benzene rings is 1. The molecule has 0 amide bonds. The Balaban J connectivity index is 2.07. The second-order valence-electron chi connectivity index (χ2n) is 6.79. The molecule has 1 aromatic rings. The van der Waals surface area contributed by atoms with Crippen molar-refractivity contribution >= 4 is 0 Å². The van der Waals surface area contributed by atoms with E-state index < -0.39 is 0 Å². The van der Waals surface area contributed by atoms with Gasteiger partial charge >= 0.3 is 0 Å². The Morgan fingerprint density at radius 1 is 1.15 bits per heavy atom. The van der Waals surface area contributed by atoms with Gasteiger partial charge in [-0.3, -0.25) is 0 Å². The second kappa shape index (κ2) is 6.62. The van der Waals surface area contributed by atoms with E-state index in [4.69, 9.17) is 10.5 Å². The molecule has 1 aliphatic rings. The van der Waals surface area contributed by atoms with Crippen LogP contribution in [0.4, 0.5) is 0 Å². The molecular formula is C18H29NO. The molecule has 0 aliphatic heterocycles. The van der Waals surface area contributed by atoms with Crippen molar-refractivity contribution in [2.24, 2.45) is 23.5 Å². The Morgan fingerprint density at radius 2 is 1.90 bits per heavy atom. The monoisotopic (exact) mass is 275 g/mol. The zero-order chi connectivity index (χ0) is 14.7.